The highest BCUT2D eigenvalue weighted by Crippen LogP contribution is 2.33. The van der Waals surface area contributed by atoms with Gasteiger partial charge in [0.15, 0.2) is 0 Å². The molecule has 0 atom stereocenters. The number of carboxylic acids is 1. The Morgan fingerprint density at radius 1 is 1.10 bits per heavy atom. The average molecular weight is 274 g/mol. The number of rotatable bonds is 3. The zero-order valence-corrected chi connectivity index (χ0v) is 11.5. The summed E-state index contributed by atoms with van der Waals surface area (Å²) in [4.78, 5) is 11.1. The lowest BCUT2D eigenvalue weighted by molar-refractivity contribution is 0.0689. The number of halogens is 1. The fraction of sp³-hybridized carbons (Fsp3) is 0.188. The van der Waals surface area contributed by atoms with Gasteiger partial charge in [-0.2, -0.15) is 0 Å². The smallest absolute Gasteiger partial charge is 0.342 e. The van der Waals surface area contributed by atoms with Gasteiger partial charge in [-0.05, 0) is 49.6 Å². The summed E-state index contributed by atoms with van der Waals surface area (Å²) in [7, 11) is 0. The molecule has 0 saturated carbocycles. The fourth-order valence-electron chi connectivity index (χ4n) is 1.99. The standard InChI is InChI=1S/C16H15FO3/c1-9-7-8-10(2)15(11(9)3)20-13-6-4-5-12(17)14(13)16(18)19/h4-8H,1-3H3,(H,18,19). The van der Waals surface area contributed by atoms with Gasteiger partial charge in [0.25, 0.3) is 0 Å². The molecule has 2 aromatic carbocycles. The van der Waals surface area contributed by atoms with Crippen LogP contribution >= 0.6 is 0 Å². The molecule has 2 aromatic rings. The van der Waals surface area contributed by atoms with E-state index in [1.165, 1.54) is 12.1 Å². The predicted molar refractivity (Wildman–Crippen MR) is 74.1 cm³/mol. The second-order valence-electron chi connectivity index (χ2n) is 4.67. The number of hydrogen-bond acceptors (Lipinski definition) is 2. The van der Waals surface area contributed by atoms with Crippen LogP contribution in [0.5, 0.6) is 11.5 Å². The molecule has 0 amide bonds. The lowest BCUT2D eigenvalue weighted by Gasteiger charge is -2.15. The van der Waals surface area contributed by atoms with Crippen molar-refractivity contribution in [2.24, 2.45) is 0 Å². The minimum atomic E-state index is -1.35. The van der Waals surface area contributed by atoms with Crippen molar-refractivity contribution in [1.29, 1.82) is 0 Å². The van der Waals surface area contributed by atoms with E-state index >= 15 is 0 Å². The van der Waals surface area contributed by atoms with Crippen molar-refractivity contribution in [3.63, 3.8) is 0 Å². The third kappa shape index (κ3) is 2.50. The van der Waals surface area contributed by atoms with Crippen LogP contribution in [0.1, 0.15) is 27.0 Å². The number of aryl methyl sites for hydroxylation is 2. The minimum Gasteiger partial charge on any atom is -0.477 e. The summed E-state index contributed by atoms with van der Waals surface area (Å²) >= 11 is 0. The van der Waals surface area contributed by atoms with Gasteiger partial charge in [-0.25, -0.2) is 9.18 Å². The number of ether oxygens (including phenoxy) is 1. The molecule has 0 aliphatic carbocycles. The highest BCUT2D eigenvalue weighted by atomic mass is 19.1. The summed E-state index contributed by atoms with van der Waals surface area (Å²) in [6, 6.07) is 7.83. The SMILES string of the molecule is Cc1ccc(C)c(Oc2cccc(F)c2C(=O)O)c1C. The van der Waals surface area contributed by atoms with Crippen molar-refractivity contribution in [2.45, 2.75) is 20.8 Å². The van der Waals surface area contributed by atoms with E-state index in [9.17, 15) is 9.18 Å². The Kier molecular flexibility index (Phi) is 3.74. The molecule has 0 saturated heterocycles. The highest BCUT2D eigenvalue weighted by Gasteiger charge is 2.18. The van der Waals surface area contributed by atoms with E-state index in [0.29, 0.717) is 5.75 Å². The molecule has 0 bridgehead atoms. The van der Waals surface area contributed by atoms with Crippen molar-refractivity contribution >= 4 is 5.97 Å². The molecule has 2 rings (SSSR count). The first-order valence-corrected chi connectivity index (χ1v) is 6.18. The van der Waals surface area contributed by atoms with Crippen LogP contribution in [0.25, 0.3) is 0 Å². The highest BCUT2D eigenvalue weighted by molar-refractivity contribution is 5.91. The molecule has 0 unspecified atom stereocenters. The van der Waals surface area contributed by atoms with E-state index in [-0.39, 0.29) is 5.75 Å². The average Bonchev–Trinajstić information content (AvgIpc) is 2.39. The van der Waals surface area contributed by atoms with Gasteiger partial charge in [0.1, 0.15) is 22.9 Å². The number of benzene rings is 2. The zero-order chi connectivity index (χ0) is 14.9. The molecule has 4 heteroatoms. The van der Waals surface area contributed by atoms with Crippen LogP contribution in [0.3, 0.4) is 0 Å². The van der Waals surface area contributed by atoms with Gasteiger partial charge >= 0.3 is 5.97 Å². The minimum absolute atomic E-state index is 0.00861. The Bertz CT molecular complexity index is 678. The van der Waals surface area contributed by atoms with Crippen molar-refractivity contribution in [3.05, 3.63) is 58.4 Å². The summed E-state index contributed by atoms with van der Waals surface area (Å²) in [5.74, 6) is -1.58. The summed E-state index contributed by atoms with van der Waals surface area (Å²) in [5, 5.41) is 9.10. The molecule has 1 N–H and O–H groups in total. The molecule has 0 aliphatic heterocycles. The molecular weight excluding hydrogens is 259 g/mol. The van der Waals surface area contributed by atoms with Crippen LogP contribution in [0.4, 0.5) is 4.39 Å². The predicted octanol–water partition coefficient (Wildman–Crippen LogP) is 4.24. The third-order valence-corrected chi connectivity index (χ3v) is 3.27. The summed E-state index contributed by atoms with van der Waals surface area (Å²) < 4.78 is 19.3. The first kappa shape index (κ1) is 14.1. The number of hydrogen-bond donors (Lipinski definition) is 1. The normalized spacial score (nSPS) is 10.4. The van der Waals surface area contributed by atoms with E-state index in [4.69, 9.17) is 9.84 Å². The molecule has 0 spiro atoms. The molecule has 0 aliphatic rings. The Labute approximate surface area is 116 Å². The van der Waals surface area contributed by atoms with Gasteiger partial charge in [-0.3, -0.25) is 0 Å². The monoisotopic (exact) mass is 274 g/mol. The van der Waals surface area contributed by atoms with E-state index in [2.05, 4.69) is 0 Å². The number of aromatic carboxylic acids is 1. The van der Waals surface area contributed by atoms with Crippen molar-refractivity contribution < 1.29 is 19.0 Å². The molecule has 0 radical (unpaired) electrons. The topological polar surface area (TPSA) is 46.5 Å². The lowest BCUT2D eigenvalue weighted by Crippen LogP contribution is -2.04. The van der Waals surface area contributed by atoms with E-state index < -0.39 is 17.3 Å². The largest absolute Gasteiger partial charge is 0.477 e. The van der Waals surface area contributed by atoms with E-state index in [0.717, 1.165) is 22.8 Å². The van der Waals surface area contributed by atoms with Crippen LogP contribution in [0.2, 0.25) is 0 Å². The molecule has 20 heavy (non-hydrogen) atoms. The quantitative estimate of drug-likeness (QED) is 0.910. The van der Waals surface area contributed by atoms with Gasteiger partial charge in [-0.1, -0.05) is 18.2 Å². The fourth-order valence-corrected chi connectivity index (χ4v) is 1.99. The van der Waals surface area contributed by atoms with Crippen LogP contribution in [0, 0.1) is 26.6 Å². The first-order valence-electron chi connectivity index (χ1n) is 6.18. The van der Waals surface area contributed by atoms with Crippen LogP contribution in [0.15, 0.2) is 30.3 Å². The molecule has 104 valence electrons. The Balaban J connectivity index is 2.54. The molecular formula is C16H15FO3. The molecule has 0 aromatic heterocycles. The Morgan fingerprint density at radius 3 is 2.40 bits per heavy atom. The summed E-state index contributed by atoms with van der Waals surface area (Å²) in [5.41, 5.74) is 2.35. The van der Waals surface area contributed by atoms with Gasteiger partial charge in [0.05, 0.1) is 0 Å². The van der Waals surface area contributed by atoms with Crippen molar-refractivity contribution in [2.75, 3.05) is 0 Å². The maximum absolute atomic E-state index is 13.6. The van der Waals surface area contributed by atoms with Crippen molar-refractivity contribution in [3.8, 4) is 11.5 Å². The third-order valence-electron chi connectivity index (χ3n) is 3.27. The summed E-state index contributed by atoms with van der Waals surface area (Å²) in [6.07, 6.45) is 0. The van der Waals surface area contributed by atoms with Crippen LogP contribution in [-0.4, -0.2) is 11.1 Å². The van der Waals surface area contributed by atoms with Gasteiger partial charge < -0.3 is 9.84 Å². The van der Waals surface area contributed by atoms with Gasteiger partial charge in [0, 0.05) is 0 Å². The molecule has 3 nitrogen and oxygen atoms in total. The molecule has 0 heterocycles. The van der Waals surface area contributed by atoms with E-state index in [1.807, 2.05) is 32.9 Å². The first-order chi connectivity index (χ1) is 9.41. The maximum atomic E-state index is 13.6. The Hall–Kier alpha value is -2.36. The van der Waals surface area contributed by atoms with E-state index in [1.54, 1.807) is 0 Å². The molecule has 0 fully saturated rings. The van der Waals surface area contributed by atoms with Gasteiger partial charge in [0.2, 0.25) is 0 Å². The van der Waals surface area contributed by atoms with Gasteiger partial charge in [-0.15, -0.1) is 0 Å². The summed E-state index contributed by atoms with van der Waals surface area (Å²) in [6.45, 7) is 5.68. The lowest BCUT2D eigenvalue weighted by atomic mass is 10.1. The van der Waals surface area contributed by atoms with Crippen LogP contribution < -0.4 is 4.74 Å². The second kappa shape index (κ2) is 5.33. The zero-order valence-electron chi connectivity index (χ0n) is 11.5. The maximum Gasteiger partial charge on any atom is 0.342 e. The van der Waals surface area contributed by atoms with Crippen molar-refractivity contribution in [1.82, 2.24) is 0 Å². The Morgan fingerprint density at radius 2 is 1.75 bits per heavy atom. The van der Waals surface area contributed by atoms with Crippen LogP contribution in [-0.2, 0) is 0 Å². The number of carbonyl (C=O) groups is 1. The second-order valence-corrected chi connectivity index (χ2v) is 4.67. The number of carboxylic acid groups (broad SMARTS) is 1.